The Morgan fingerprint density at radius 3 is 2.32 bits per heavy atom. The first-order valence-corrected chi connectivity index (χ1v) is 13.6. The lowest BCUT2D eigenvalue weighted by Gasteiger charge is -2.32. The lowest BCUT2D eigenvalue weighted by molar-refractivity contribution is -0.384. The van der Waals surface area contributed by atoms with Gasteiger partial charge in [-0.05, 0) is 36.6 Å². The fraction of sp³-hybridized carbons (Fsp3) is 0.440. The molecule has 1 N–H and O–H groups in total. The van der Waals surface area contributed by atoms with Crippen molar-refractivity contribution >= 4 is 33.2 Å². The number of nitrogens with one attached hydrogen (secondary N) is 1. The molecule has 2 amide bonds. The normalized spacial score (nSPS) is 12.0. The molecule has 0 radical (unpaired) electrons. The zero-order chi connectivity index (χ0) is 28.6. The molecule has 2 rings (SSSR count). The van der Waals surface area contributed by atoms with Gasteiger partial charge in [0.2, 0.25) is 21.8 Å². The van der Waals surface area contributed by atoms with Gasteiger partial charge in [0, 0.05) is 25.2 Å². The van der Waals surface area contributed by atoms with E-state index < -0.39 is 39.3 Å². The third-order valence-electron chi connectivity index (χ3n) is 5.66. The van der Waals surface area contributed by atoms with Crippen LogP contribution in [0.2, 0.25) is 0 Å². The molecule has 0 aliphatic carbocycles. The topological polar surface area (TPSA) is 148 Å². The molecule has 2 aromatic carbocycles. The quantitative estimate of drug-likeness (QED) is 0.296. The van der Waals surface area contributed by atoms with Gasteiger partial charge < -0.3 is 19.7 Å². The van der Waals surface area contributed by atoms with E-state index in [-0.39, 0.29) is 29.6 Å². The molecule has 0 spiro atoms. The first kappa shape index (κ1) is 30.4. The molecule has 0 saturated carbocycles. The fourth-order valence-corrected chi connectivity index (χ4v) is 4.43. The maximum absolute atomic E-state index is 13.7. The van der Waals surface area contributed by atoms with Crippen LogP contribution in [0.5, 0.6) is 11.5 Å². The number of carbonyl (C=O) groups is 2. The van der Waals surface area contributed by atoms with Crippen LogP contribution in [0.3, 0.4) is 0 Å². The molecule has 0 fully saturated rings. The van der Waals surface area contributed by atoms with Crippen LogP contribution in [0.1, 0.15) is 26.3 Å². The van der Waals surface area contributed by atoms with Gasteiger partial charge in [-0.2, -0.15) is 0 Å². The largest absolute Gasteiger partial charge is 0.497 e. The first-order valence-electron chi connectivity index (χ1n) is 11.8. The standard InChI is InChI=1S/C25H34N4O8S/c1-17(2)14-26-25(31)18(3)27(15-19-8-7-9-21(12-19)36-4)24(30)16-28(38(6,34)35)22-13-20(29(32)33)10-11-23(22)37-5/h7-13,17-18H,14-16H2,1-6H3,(H,26,31)/t18-/m1/s1. The number of hydrogen-bond acceptors (Lipinski definition) is 8. The minimum atomic E-state index is -4.11. The number of nitro groups is 1. The van der Waals surface area contributed by atoms with Crippen molar-refractivity contribution in [1.29, 1.82) is 0 Å². The van der Waals surface area contributed by atoms with Crippen molar-refractivity contribution in [2.75, 3.05) is 37.9 Å². The summed E-state index contributed by atoms with van der Waals surface area (Å²) in [5.41, 5.74) is 0.104. The van der Waals surface area contributed by atoms with Gasteiger partial charge in [-0.25, -0.2) is 8.42 Å². The molecule has 0 aliphatic rings. The third-order valence-corrected chi connectivity index (χ3v) is 6.79. The second kappa shape index (κ2) is 13.1. The van der Waals surface area contributed by atoms with Gasteiger partial charge in [0.1, 0.15) is 29.8 Å². The van der Waals surface area contributed by atoms with Crippen LogP contribution >= 0.6 is 0 Å². The number of hydrogen-bond donors (Lipinski definition) is 1. The summed E-state index contributed by atoms with van der Waals surface area (Å²) in [6.07, 6.45) is 0.879. The number of amides is 2. The Morgan fingerprint density at radius 1 is 1.08 bits per heavy atom. The third kappa shape index (κ3) is 8.07. The van der Waals surface area contributed by atoms with E-state index in [0.717, 1.165) is 16.6 Å². The smallest absolute Gasteiger partial charge is 0.271 e. The molecule has 38 heavy (non-hydrogen) atoms. The van der Waals surface area contributed by atoms with Crippen molar-refractivity contribution in [1.82, 2.24) is 10.2 Å². The van der Waals surface area contributed by atoms with E-state index in [1.807, 2.05) is 13.8 Å². The number of benzene rings is 2. The lowest BCUT2D eigenvalue weighted by Crippen LogP contribution is -2.51. The van der Waals surface area contributed by atoms with Gasteiger partial charge in [0.15, 0.2) is 0 Å². The fourth-order valence-electron chi connectivity index (χ4n) is 3.58. The Morgan fingerprint density at radius 2 is 1.76 bits per heavy atom. The summed E-state index contributed by atoms with van der Waals surface area (Å²) in [5, 5.41) is 14.1. The van der Waals surface area contributed by atoms with Gasteiger partial charge in [-0.15, -0.1) is 0 Å². The summed E-state index contributed by atoms with van der Waals surface area (Å²) in [4.78, 5) is 38.5. The molecule has 0 unspecified atom stereocenters. The Bertz CT molecular complexity index is 1270. The van der Waals surface area contributed by atoms with Gasteiger partial charge >= 0.3 is 0 Å². The number of non-ortho nitro benzene ring substituents is 1. The summed E-state index contributed by atoms with van der Waals surface area (Å²) >= 11 is 0. The van der Waals surface area contributed by atoms with Gasteiger partial charge in [-0.1, -0.05) is 26.0 Å². The molecule has 1 atom stereocenters. The highest BCUT2D eigenvalue weighted by atomic mass is 32.2. The number of ether oxygens (including phenoxy) is 2. The van der Waals surface area contributed by atoms with Crippen molar-refractivity contribution in [3.8, 4) is 11.5 Å². The highest BCUT2D eigenvalue weighted by Gasteiger charge is 2.32. The predicted molar refractivity (Wildman–Crippen MR) is 143 cm³/mol. The average molecular weight is 551 g/mol. The predicted octanol–water partition coefficient (Wildman–Crippen LogP) is 2.57. The maximum Gasteiger partial charge on any atom is 0.271 e. The van der Waals surface area contributed by atoms with Crippen LogP contribution in [0, 0.1) is 16.0 Å². The minimum absolute atomic E-state index is 0.0179. The van der Waals surface area contributed by atoms with Crippen molar-refractivity contribution in [2.45, 2.75) is 33.4 Å². The Kier molecular flexibility index (Phi) is 10.5. The molecular weight excluding hydrogens is 516 g/mol. The Labute approximate surface area is 222 Å². The molecule has 12 nitrogen and oxygen atoms in total. The van der Waals surface area contributed by atoms with Crippen LogP contribution in [0.4, 0.5) is 11.4 Å². The number of anilines is 1. The highest BCUT2D eigenvalue weighted by molar-refractivity contribution is 7.92. The van der Waals surface area contributed by atoms with E-state index in [2.05, 4.69) is 5.32 Å². The molecule has 0 bridgehead atoms. The molecule has 0 saturated heterocycles. The average Bonchev–Trinajstić information content (AvgIpc) is 2.87. The summed E-state index contributed by atoms with van der Waals surface area (Å²) in [6, 6.07) is 9.41. The zero-order valence-electron chi connectivity index (χ0n) is 22.3. The minimum Gasteiger partial charge on any atom is -0.497 e. The molecule has 0 aliphatic heterocycles. The van der Waals surface area contributed by atoms with Crippen LogP contribution in [-0.4, -0.2) is 69.7 Å². The van der Waals surface area contributed by atoms with E-state index in [0.29, 0.717) is 17.9 Å². The van der Waals surface area contributed by atoms with Crippen molar-refractivity contribution in [3.05, 3.63) is 58.1 Å². The number of sulfonamides is 1. The molecule has 13 heteroatoms. The number of nitrogens with zero attached hydrogens (tertiary/aromatic N) is 3. The number of rotatable bonds is 13. The summed E-state index contributed by atoms with van der Waals surface area (Å²) < 4.78 is 36.8. The summed E-state index contributed by atoms with van der Waals surface area (Å²) in [6.45, 7) is 5.07. The van der Waals surface area contributed by atoms with E-state index in [9.17, 15) is 28.1 Å². The second-order valence-corrected chi connectivity index (χ2v) is 11.0. The van der Waals surface area contributed by atoms with Crippen LogP contribution in [0.25, 0.3) is 0 Å². The maximum atomic E-state index is 13.7. The zero-order valence-corrected chi connectivity index (χ0v) is 23.1. The Hall–Kier alpha value is -3.87. The SMILES string of the molecule is COc1cccc(CN(C(=O)CN(c2cc([N+](=O)[O-])ccc2OC)S(C)(=O)=O)[C@H](C)C(=O)NCC(C)C)c1. The van der Waals surface area contributed by atoms with Crippen LogP contribution in [-0.2, 0) is 26.2 Å². The van der Waals surface area contributed by atoms with E-state index in [1.165, 1.54) is 31.3 Å². The van der Waals surface area contributed by atoms with E-state index in [1.54, 1.807) is 31.2 Å². The second-order valence-electron chi connectivity index (χ2n) is 9.07. The summed E-state index contributed by atoms with van der Waals surface area (Å²) in [7, 11) is -1.33. The van der Waals surface area contributed by atoms with Crippen LogP contribution < -0.4 is 19.1 Å². The van der Waals surface area contributed by atoms with Crippen molar-refractivity contribution in [3.63, 3.8) is 0 Å². The number of nitro benzene ring substituents is 1. The van der Waals surface area contributed by atoms with Crippen molar-refractivity contribution < 1.29 is 32.4 Å². The Balaban J connectivity index is 2.51. The molecule has 2 aromatic rings. The molecular formula is C25H34N4O8S. The van der Waals surface area contributed by atoms with Gasteiger partial charge in [0.25, 0.3) is 5.69 Å². The van der Waals surface area contributed by atoms with Gasteiger partial charge in [-0.3, -0.25) is 24.0 Å². The van der Waals surface area contributed by atoms with Crippen LogP contribution in [0.15, 0.2) is 42.5 Å². The molecule has 208 valence electrons. The monoisotopic (exact) mass is 550 g/mol. The van der Waals surface area contributed by atoms with Crippen molar-refractivity contribution in [2.24, 2.45) is 5.92 Å². The number of methoxy groups -OCH3 is 2. The first-order chi connectivity index (χ1) is 17.8. The molecule has 0 aromatic heterocycles. The highest BCUT2D eigenvalue weighted by Crippen LogP contribution is 2.34. The molecule has 0 heterocycles. The van der Waals surface area contributed by atoms with Gasteiger partial charge in [0.05, 0.1) is 25.4 Å². The number of carbonyl (C=O) groups excluding carboxylic acids is 2. The summed E-state index contributed by atoms with van der Waals surface area (Å²) in [5.74, 6) is -0.356. The van der Waals surface area contributed by atoms with E-state index >= 15 is 0 Å². The lowest BCUT2D eigenvalue weighted by atomic mass is 10.1. The van der Waals surface area contributed by atoms with E-state index in [4.69, 9.17) is 9.47 Å².